The van der Waals surface area contributed by atoms with E-state index in [4.69, 9.17) is 10.5 Å². The molecule has 0 aliphatic carbocycles. The molecule has 1 rings (SSSR count). The van der Waals surface area contributed by atoms with Crippen LogP contribution < -0.4 is 10.5 Å². The van der Waals surface area contributed by atoms with Gasteiger partial charge in [0, 0.05) is 11.1 Å². The number of hydrogen-bond donors (Lipinski definition) is 2. The number of rotatable bonds is 3. The third-order valence-electron chi connectivity index (χ3n) is 2.52. The van der Waals surface area contributed by atoms with E-state index in [0.717, 1.165) is 0 Å². The van der Waals surface area contributed by atoms with Crippen molar-refractivity contribution in [2.24, 2.45) is 0 Å². The Bertz CT molecular complexity index is 441. The molecule has 1 aromatic rings. The number of nitrogen functional groups attached to an aromatic ring is 1. The van der Waals surface area contributed by atoms with Gasteiger partial charge >= 0.3 is 6.09 Å². The normalized spacial score (nSPS) is 11.1. The number of aromatic nitrogens is 1. The van der Waals surface area contributed by atoms with Crippen LogP contribution in [0.3, 0.4) is 0 Å². The minimum atomic E-state index is -0.985. The maximum absolute atomic E-state index is 11.3. The minimum Gasteiger partial charge on any atom is -0.481 e. The average molecular weight is 253 g/mol. The maximum atomic E-state index is 11.3. The van der Waals surface area contributed by atoms with Crippen LogP contribution in [0, 0.1) is 0 Å². The summed E-state index contributed by atoms with van der Waals surface area (Å²) in [4.78, 5) is 16.6. The SMILES string of the molecule is COc1nc(N)ccc1CN(C(=O)O)C(C)(C)C. The number of pyridine rings is 1. The third kappa shape index (κ3) is 3.26. The van der Waals surface area contributed by atoms with Gasteiger partial charge in [0.05, 0.1) is 13.7 Å². The number of nitrogens with zero attached hydrogens (tertiary/aromatic N) is 2. The van der Waals surface area contributed by atoms with Crippen LogP contribution in [0.1, 0.15) is 26.3 Å². The molecule has 0 bridgehead atoms. The smallest absolute Gasteiger partial charge is 0.408 e. The number of nitrogens with two attached hydrogens (primary N) is 1. The van der Waals surface area contributed by atoms with Crippen molar-refractivity contribution in [3.05, 3.63) is 17.7 Å². The van der Waals surface area contributed by atoms with Crippen LogP contribution >= 0.6 is 0 Å². The Morgan fingerprint density at radius 1 is 1.50 bits per heavy atom. The van der Waals surface area contributed by atoms with E-state index < -0.39 is 11.6 Å². The first-order valence-corrected chi connectivity index (χ1v) is 5.55. The summed E-state index contributed by atoms with van der Waals surface area (Å²) in [6.45, 7) is 5.70. The van der Waals surface area contributed by atoms with Crippen LogP contribution in [0.5, 0.6) is 5.88 Å². The van der Waals surface area contributed by atoms with Gasteiger partial charge in [-0.2, -0.15) is 4.98 Å². The number of amides is 1. The molecule has 3 N–H and O–H groups in total. The summed E-state index contributed by atoms with van der Waals surface area (Å²) < 4.78 is 5.11. The molecule has 0 aliphatic heterocycles. The molecule has 0 aliphatic rings. The quantitative estimate of drug-likeness (QED) is 0.859. The summed E-state index contributed by atoms with van der Waals surface area (Å²) in [6.07, 6.45) is -0.985. The number of anilines is 1. The average Bonchev–Trinajstić information content (AvgIpc) is 2.24. The lowest BCUT2D eigenvalue weighted by Crippen LogP contribution is -2.44. The molecule has 1 heterocycles. The molecule has 1 aromatic heterocycles. The number of carboxylic acid groups (broad SMARTS) is 1. The summed E-state index contributed by atoms with van der Waals surface area (Å²) in [5.74, 6) is 0.693. The van der Waals surface area contributed by atoms with Crippen LogP contribution in [0.15, 0.2) is 12.1 Å². The minimum absolute atomic E-state index is 0.204. The van der Waals surface area contributed by atoms with E-state index in [1.807, 2.05) is 20.8 Å². The van der Waals surface area contributed by atoms with Crippen molar-refractivity contribution in [2.45, 2.75) is 32.9 Å². The molecule has 0 spiro atoms. The molecule has 1 amide bonds. The van der Waals surface area contributed by atoms with Gasteiger partial charge in [-0.05, 0) is 32.9 Å². The molecule has 0 aromatic carbocycles. The van der Waals surface area contributed by atoms with Gasteiger partial charge in [-0.1, -0.05) is 0 Å². The summed E-state index contributed by atoms with van der Waals surface area (Å²) >= 11 is 0. The van der Waals surface area contributed by atoms with Gasteiger partial charge in [-0.3, -0.25) is 4.90 Å². The molecule has 0 saturated carbocycles. The highest BCUT2D eigenvalue weighted by Gasteiger charge is 2.27. The van der Waals surface area contributed by atoms with Crippen molar-refractivity contribution in [3.63, 3.8) is 0 Å². The molecule has 0 atom stereocenters. The highest BCUT2D eigenvalue weighted by molar-refractivity contribution is 5.66. The monoisotopic (exact) mass is 253 g/mol. The Balaban J connectivity index is 3.05. The van der Waals surface area contributed by atoms with Crippen LogP contribution in [0.4, 0.5) is 10.6 Å². The predicted octanol–water partition coefficient (Wildman–Crippen LogP) is 1.95. The zero-order valence-electron chi connectivity index (χ0n) is 11.1. The largest absolute Gasteiger partial charge is 0.481 e. The molecule has 18 heavy (non-hydrogen) atoms. The first-order chi connectivity index (χ1) is 8.25. The Kier molecular flexibility index (Phi) is 4.00. The van der Waals surface area contributed by atoms with Gasteiger partial charge in [0.2, 0.25) is 5.88 Å². The predicted molar refractivity (Wildman–Crippen MR) is 68.5 cm³/mol. The van der Waals surface area contributed by atoms with Crippen LogP contribution in [-0.2, 0) is 6.54 Å². The fraction of sp³-hybridized carbons (Fsp3) is 0.500. The van der Waals surface area contributed by atoms with Crippen LogP contribution in [0.25, 0.3) is 0 Å². The van der Waals surface area contributed by atoms with E-state index >= 15 is 0 Å². The molecule has 0 radical (unpaired) electrons. The molecular weight excluding hydrogens is 234 g/mol. The highest BCUT2D eigenvalue weighted by Crippen LogP contribution is 2.23. The fourth-order valence-electron chi connectivity index (χ4n) is 1.54. The zero-order chi connectivity index (χ0) is 13.9. The number of carbonyl (C=O) groups is 1. The van der Waals surface area contributed by atoms with Gasteiger partial charge in [-0.15, -0.1) is 0 Å². The van der Waals surface area contributed by atoms with E-state index in [-0.39, 0.29) is 6.54 Å². The summed E-state index contributed by atoms with van der Waals surface area (Å²) in [7, 11) is 1.48. The Morgan fingerprint density at radius 3 is 2.56 bits per heavy atom. The topological polar surface area (TPSA) is 88.7 Å². The second kappa shape index (κ2) is 5.12. The third-order valence-corrected chi connectivity index (χ3v) is 2.52. The number of ether oxygens (including phenoxy) is 1. The first kappa shape index (κ1) is 14.1. The fourth-order valence-corrected chi connectivity index (χ4v) is 1.54. The van der Waals surface area contributed by atoms with Crippen molar-refractivity contribution in [1.29, 1.82) is 0 Å². The molecule has 0 fully saturated rings. The van der Waals surface area contributed by atoms with E-state index in [0.29, 0.717) is 17.3 Å². The van der Waals surface area contributed by atoms with E-state index in [1.54, 1.807) is 12.1 Å². The van der Waals surface area contributed by atoms with Gasteiger partial charge in [-0.25, -0.2) is 4.79 Å². The summed E-state index contributed by atoms with van der Waals surface area (Å²) in [5.41, 5.74) is 5.74. The van der Waals surface area contributed by atoms with E-state index in [2.05, 4.69) is 4.98 Å². The molecule has 100 valence electrons. The van der Waals surface area contributed by atoms with Gasteiger partial charge in [0.1, 0.15) is 5.82 Å². The molecule has 0 unspecified atom stereocenters. The standard InChI is InChI=1S/C12H19N3O3/c1-12(2,3)15(11(16)17)7-8-5-6-9(13)14-10(8)18-4/h5-6H,7H2,1-4H3,(H2,13,14)(H,16,17). The number of hydrogen-bond acceptors (Lipinski definition) is 4. The van der Waals surface area contributed by atoms with Crippen molar-refractivity contribution < 1.29 is 14.6 Å². The van der Waals surface area contributed by atoms with Gasteiger partial charge in [0.25, 0.3) is 0 Å². The Morgan fingerprint density at radius 2 is 2.11 bits per heavy atom. The van der Waals surface area contributed by atoms with Crippen LogP contribution in [-0.4, -0.2) is 33.7 Å². The molecule has 0 saturated heterocycles. The number of methoxy groups -OCH3 is 1. The van der Waals surface area contributed by atoms with Crippen molar-refractivity contribution >= 4 is 11.9 Å². The molecule has 6 heteroatoms. The van der Waals surface area contributed by atoms with Crippen molar-refractivity contribution in [3.8, 4) is 5.88 Å². The molecular formula is C12H19N3O3. The van der Waals surface area contributed by atoms with E-state index in [9.17, 15) is 9.90 Å². The van der Waals surface area contributed by atoms with Crippen molar-refractivity contribution in [2.75, 3.05) is 12.8 Å². The highest BCUT2D eigenvalue weighted by atomic mass is 16.5. The Labute approximate surface area is 106 Å². The molecule has 6 nitrogen and oxygen atoms in total. The Hall–Kier alpha value is -1.98. The van der Waals surface area contributed by atoms with E-state index in [1.165, 1.54) is 12.0 Å². The van der Waals surface area contributed by atoms with Crippen molar-refractivity contribution in [1.82, 2.24) is 9.88 Å². The lowest BCUT2D eigenvalue weighted by atomic mass is 10.1. The lowest BCUT2D eigenvalue weighted by molar-refractivity contribution is 0.0949. The van der Waals surface area contributed by atoms with Gasteiger partial charge < -0.3 is 15.6 Å². The van der Waals surface area contributed by atoms with Crippen LogP contribution in [0.2, 0.25) is 0 Å². The first-order valence-electron chi connectivity index (χ1n) is 5.55. The maximum Gasteiger partial charge on any atom is 0.408 e. The summed E-state index contributed by atoms with van der Waals surface area (Å²) in [5, 5.41) is 9.23. The second-order valence-electron chi connectivity index (χ2n) is 4.94. The zero-order valence-corrected chi connectivity index (χ0v) is 11.1. The second-order valence-corrected chi connectivity index (χ2v) is 4.94. The summed E-state index contributed by atoms with van der Waals surface area (Å²) in [6, 6.07) is 3.35. The van der Waals surface area contributed by atoms with Gasteiger partial charge in [0.15, 0.2) is 0 Å². The lowest BCUT2D eigenvalue weighted by Gasteiger charge is -2.33.